The van der Waals surface area contributed by atoms with E-state index in [1.54, 1.807) is 6.92 Å². The number of methoxy groups -OCH3 is 1. The Kier molecular flexibility index (Phi) is 3.33. The van der Waals surface area contributed by atoms with Crippen molar-refractivity contribution < 1.29 is 19.6 Å². The van der Waals surface area contributed by atoms with Crippen molar-refractivity contribution in [2.24, 2.45) is 0 Å². The molecule has 1 aromatic carbocycles. The summed E-state index contributed by atoms with van der Waals surface area (Å²) < 4.78 is 4.55. The van der Waals surface area contributed by atoms with Crippen molar-refractivity contribution in [1.82, 2.24) is 0 Å². The standard InChI is InChI=1S/C9H12BNO4/c1-5-3-8(11)7(10(13)14)4-6(5)9(12)15-2/h3-4,13-14H,11H2,1-2H3. The maximum absolute atomic E-state index is 11.3. The van der Waals surface area contributed by atoms with E-state index in [0.29, 0.717) is 5.56 Å². The largest absolute Gasteiger partial charge is 0.490 e. The number of nitrogen functional groups attached to an aromatic ring is 1. The monoisotopic (exact) mass is 209 g/mol. The molecule has 1 aromatic rings. The summed E-state index contributed by atoms with van der Waals surface area (Å²) in [6, 6.07) is 2.82. The predicted molar refractivity (Wildman–Crippen MR) is 56.8 cm³/mol. The highest BCUT2D eigenvalue weighted by Gasteiger charge is 2.19. The van der Waals surface area contributed by atoms with E-state index in [9.17, 15) is 4.79 Å². The van der Waals surface area contributed by atoms with E-state index in [0.717, 1.165) is 0 Å². The lowest BCUT2D eigenvalue weighted by Gasteiger charge is -2.09. The van der Waals surface area contributed by atoms with Crippen LogP contribution in [-0.4, -0.2) is 30.2 Å². The first-order valence-electron chi connectivity index (χ1n) is 4.31. The van der Waals surface area contributed by atoms with Gasteiger partial charge in [0, 0.05) is 11.2 Å². The van der Waals surface area contributed by atoms with E-state index in [1.807, 2.05) is 0 Å². The van der Waals surface area contributed by atoms with Gasteiger partial charge in [0.25, 0.3) is 0 Å². The second-order valence-corrected chi connectivity index (χ2v) is 3.16. The van der Waals surface area contributed by atoms with Crippen molar-refractivity contribution >= 4 is 24.2 Å². The molecule has 0 saturated carbocycles. The molecule has 0 radical (unpaired) electrons. The zero-order valence-electron chi connectivity index (χ0n) is 8.52. The summed E-state index contributed by atoms with van der Waals surface area (Å²) in [5, 5.41) is 18.0. The Labute approximate surface area is 87.6 Å². The van der Waals surface area contributed by atoms with Gasteiger partial charge in [-0.2, -0.15) is 0 Å². The first-order chi connectivity index (χ1) is 6.97. The van der Waals surface area contributed by atoms with Crippen molar-refractivity contribution in [3.63, 3.8) is 0 Å². The predicted octanol–water partition coefficient (Wildman–Crippen LogP) is -0.956. The Hall–Kier alpha value is -1.53. The van der Waals surface area contributed by atoms with E-state index < -0.39 is 13.1 Å². The van der Waals surface area contributed by atoms with Gasteiger partial charge >= 0.3 is 13.1 Å². The Morgan fingerprint density at radius 1 is 1.47 bits per heavy atom. The highest BCUT2D eigenvalue weighted by Crippen LogP contribution is 2.12. The highest BCUT2D eigenvalue weighted by atomic mass is 16.5. The third kappa shape index (κ3) is 2.29. The summed E-state index contributed by atoms with van der Waals surface area (Å²) in [6.07, 6.45) is 0. The van der Waals surface area contributed by atoms with Gasteiger partial charge < -0.3 is 20.5 Å². The molecule has 0 aliphatic rings. The van der Waals surface area contributed by atoms with Crippen molar-refractivity contribution in [2.45, 2.75) is 6.92 Å². The number of aryl methyl sites for hydroxylation is 1. The summed E-state index contributed by atoms with van der Waals surface area (Å²) in [4.78, 5) is 11.3. The van der Waals surface area contributed by atoms with Gasteiger partial charge in [-0.1, -0.05) is 0 Å². The van der Waals surface area contributed by atoms with E-state index >= 15 is 0 Å². The smallest absolute Gasteiger partial charge is 0.465 e. The van der Waals surface area contributed by atoms with Crippen molar-refractivity contribution in [3.05, 3.63) is 23.3 Å². The lowest BCUT2D eigenvalue weighted by Crippen LogP contribution is -2.33. The van der Waals surface area contributed by atoms with Crippen LogP contribution < -0.4 is 11.2 Å². The molecule has 1 rings (SSSR count). The number of rotatable bonds is 2. The van der Waals surface area contributed by atoms with Crippen molar-refractivity contribution in [2.75, 3.05) is 12.8 Å². The molecule has 0 unspecified atom stereocenters. The molecule has 80 valence electrons. The van der Waals surface area contributed by atoms with Gasteiger partial charge in [0.05, 0.1) is 12.7 Å². The molecular formula is C9H12BNO4. The number of hydrogen-bond acceptors (Lipinski definition) is 5. The average Bonchev–Trinajstić information content (AvgIpc) is 2.16. The summed E-state index contributed by atoms with van der Waals surface area (Å²) in [7, 11) is -0.443. The molecule has 0 heterocycles. The molecule has 15 heavy (non-hydrogen) atoms. The third-order valence-electron chi connectivity index (χ3n) is 2.11. The number of carbonyl (C=O) groups excluding carboxylic acids is 1. The van der Waals surface area contributed by atoms with Crippen molar-refractivity contribution in [1.29, 1.82) is 0 Å². The molecule has 4 N–H and O–H groups in total. The fraction of sp³-hybridized carbons (Fsp3) is 0.222. The second-order valence-electron chi connectivity index (χ2n) is 3.16. The first kappa shape index (κ1) is 11.5. The number of hydrogen-bond donors (Lipinski definition) is 3. The Morgan fingerprint density at radius 3 is 2.53 bits per heavy atom. The van der Waals surface area contributed by atoms with E-state index in [-0.39, 0.29) is 16.7 Å². The Bertz CT molecular complexity index is 392. The summed E-state index contributed by atoms with van der Waals surface area (Å²) in [5.74, 6) is -0.533. The molecule has 0 bridgehead atoms. The lowest BCUT2D eigenvalue weighted by atomic mass is 9.77. The number of anilines is 1. The van der Waals surface area contributed by atoms with Crippen molar-refractivity contribution in [3.8, 4) is 0 Å². The van der Waals surface area contributed by atoms with Crippen LogP contribution in [0.5, 0.6) is 0 Å². The highest BCUT2D eigenvalue weighted by molar-refractivity contribution is 6.60. The zero-order chi connectivity index (χ0) is 11.6. The molecule has 0 saturated heterocycles. The second kappa shape index (κ2) is 4.33. The summed E-state index contributed by atoms with van der Waals surface area (Å²) >= 11 is 0. The van der Waals surface area contributed by atoms with Crippen LogP contribution in [0.25, 0.3) is 0 Å². The van der Waals surface area contributed by atoms with Gasteiger partial charge in [-0.25, -0.2) is 4.79 Å². The van der Waals surface area contributed by atoms with Crippen LogP contribution >= 0.6 is 0 Å². The minimum absolute atomic E-state index is 0.0981. The van der Waals surface area contributed by atoms with Crippen LogP contribution in [-0.2, 0) is 4.74 Å². The van der Waals surface area contributed by atoms with Crippen LogP contribution in [0.2, 0.25) is 0 Å². The van der Waals surface area contributed by atoms with Crippen LogP contribution in [0.15, 0.2) is 12.1 Å². The first-order valence-corrected chi connectivity index (χ1v) is 4.31. The molecule has 0 spiro atoms. The fourth-order valence-corrected chi connectivity index (χ4v) is 1.30. The molecule has 0 aliphatic carbocycles. The van der Waals surface area contributed by atoms with Gasteiger partial charge in [-0.15, -0.1) is 0 Å². The van der Waals surface area contributed by atoms with Gasteiger partial charge in [-0.05, 0) is 24.6 Å². The Balaban J connectivity index is 3.29. The average molecular weight is 209 g/mol. The van der Waals surface area contributed by atoms with E-state index in [2.05, 4.69) is 4.74 Å². The molecule has 0 fully saturated rings. The van der Waals surface area contributed by atoms with Gasteiger partial charge in [0.2, 0.25) is 0 Å². The topological polar surface area (TPSA) is 92.8 Å². The van der Waals surface area contributed by atoms with Gasteiger partial charge in [0.15, 0.2) is 0 Å². The molecule has 0 aromatic heterocycles. The molecule has 5 nitrogen and oxygen atoms in total. The Morgan fingerprint density at radius 2 is 2.07 bits per heavy atom. The van der Waals surface area contributed by atoms with Crippen LogP contribution in [0.3, 0.4) is 0 Å². The molecule has 0 atom stereocenters. The van der Waals surface area contributed by atoms with Crippen LogP contribution in [0.4, 0.5) is 5.69 Å². The van der Waals surface area contributed by atoms with Crippen LogP contribution in [0.1, 0.15) is 15.9 Å². The number of carbonyl (C=O) groups is 1. The SMILES string of the molecule is COC(=O)c1cc(B(O)O)c(N)cc1C. The zero-order valence-corrected chi connectivity index (χ0v) is 8.52. The van der Waals surface area contributed by atoms with E-state index in [4.69, 9.17) is 15.8 Å². The molecule has 0 aliphatic heterocycles. The molecule has 0 amide bonds. The number of esters is 1. The maximum atomic E-state index is 11.3. The quantitative estimate of drug-likeness (QED) is 0.331. The maximum Gasteiger partial charge on any atom is 0.490 e. The fourth-order valence-electron chi connectivity index (χ4n) is 1.30. The van der Waals surface area contributed by atoms with Gasteiger partial charge in [0.1, 0.15) is 0 Å². The minimum Gasteiger partial charge on any atom is -0.465 e. The summed E-state index contributed by atoms with van der Waals surface area (Å²) in [5.41, 5.74) is 6.79. The van der Waals surface area contributed by atoms with Gasteiger partial charge in [-0.3, -0.25) is 0 Å². The van der Waals surface area contributed by atoms with E-state index in [1.165, 1.54) is 19.2 Å². The lowest BCUT2D eigenvalue weighted by molar-refractivity contribution is 0.0600. The number of nitrogens with two attached hydrogens (primary N) is 1. The molecular weight excluding hydrogens is 197 g/mol. The normalized spacial score (nSPS) is 9.87. The third-order valence-corrected chi connectivity index (χ3v) is 2.11. The molecule has 6 heteroatoms. The summed E-state index contributed by atoms with van der Waals surface area (Å²) in [6.45, 7) is 1.69. The van der Waals surface area contributed by atoms with Crippen LogP contribution in [0, 0.1) is 6.92 Å². The number of ether oxygens (including phenoxy) is 1. The minimum atomic E-state index is -1.70. The number of benzene rings is 1.